The molecule has 1 aliphatic rings. The molecule has 0 heterocycles. The van der Waals surface area contributed by atoms with E-state index in [0.717, 1.165) is 36.8 Å². The van der Waals surface area contributed by atoms with Crippen LogP contribution in [0.2, 0.25) is 0 Å². The Morgan fingerprint density at radius 3 is 2.17 bits per heavy atom. The first kappa shape index (κ1) is 20.5. The molecule has 0 amide bonds. The molecule has 0 radical (unpaired) electrons. The van der Waals surface area contributed by atoms with Crippen molar-refractivity contribution in [3.8, 4) is 0 Å². The summed E-state index contributed by atoms with van der Waals surface area (Å²) in [6.45, 7) is 10.2. The highest BCUT2D eigenvalue weighted by atomic mass is 16.6. The van der Waals surface area contributed by atoms with E-state index in [-0.39, 0.29) is 19.1 Å². The fourth-order valence-corrected chi connectivity index (χ4v) is 3.53. The summed E-state index contributed by atoms with van der Waals surface area (Å²) >= 11 is 0. The molecule has 1 atom stereocenters. The smallest absolute Gasteiger partial charge is 0.324 e. The summed E-state index contributed by atoms with van der Waals surface area (Å²) in [6.07, 6.45) is 8.28. The van der Waals surface area contributed by atoms with Gasteiger partial charge in [-0.1, -0.05) is 44.4 Å². The van der Waals surface area contributed by atoms with Gasteiger partial charge in [-0.25, -0.2) is 0 Å². The molecule has 0 aromatic rings. The van der Waals surface area contributed by atoms with Gasteiger partial charge in [-0.2, -0.15) is 0 Å². The Morgan fingerprint density at radius 1 is 1.12 bits per heavy atom. The Kier molecular flexibility index (Phi) is 8.23. The topological polar surface area (TPSA) is 52.6 Å². The molecule has 4 nitrogen and oxygen atoms in total. The maximum Gasteiger partial charge on any atom is 0.324 e. The van der Waals surface area contributed by atoms with E-state index in [1.165, 1.54) is 0 Å². The maximum atomic E-state index is 12.9. The van der Waals surface area contributed by atoms with Crippen molar-refractivity contribution in [3.05, 3.63) is 23.3 Å². The zero-order chi connectivity index (χ0) is 18.2. The van der Waals surface area contributed by atoms with E-state index in [0.29, 0.717) is 6.42 Å². The highest BCUT2D eigenvalue weighted by Gasteiger charge is 2.56. The van der Waals surface area contributed by atoms with Crippen LogP contribution in [0.4, 0.5) is 0 Å². The van der Waals surface area contributed by atoms with Crippen LogP contribution in [0.5, 0.6) is 0 Å². The van der Waals surface area contributed by atoms with Crippen LogP contribution in [0, 0.1) is 11.3 Å². The fraction of sp³-hybridized carbons (Fsp3) is 0.700. The molecule has 1 aliphatic carbocycles. The lowest BCUT2D eigenvalue weighted by Crippen LogP contribution is -2.50. The van der Waals surface area contributed by atoms with E-state index in [4.69, 9.17) is 9.47 Å². The molecule has 136 valence electrons. The summed E-state index contributed by atoms with van der Waals surface area (Å²) < 4.78 is 10.7. The van der Waals surface area contributed by atoms with Gasteiger partial charge >= 0.3 is 11.9 Å². The predicted molar refractivity (Wildman–Crippen MR) is 95.5 cm³/mol. The second-order valence-electron chi connectivity index (χ2n) is 6.41. The van der Waals surface area contributed by atoms with Crippen LogP contribution >= 0.6 is 0 Å². The molecule has 0 aliphatic heterocycles. The number of unbranched alkanes of at least 4 members (excludes halogenated alkanes) is 1. The third kappa shape index (κ3) is 4.28. The first-order valence-electron chi connectivity index (χ1n) is 9.19. The molecule has 0 saturated heterocycles. The van der Waals surface area contributed by atoms with Gasteiger partial charge in [0.25, 0.3) is 0 Å². The van der Waals surface area contributed by atoms with Gasteiger partial charge < -0.3 is 9.47 Å². The third-order valence-electron chi connectivity index (χ3n) is 4.49. The van der Waals surface area contributed by atoms with Gasteiger partial charge in [-0.15, -0.1) is 0 Å². The molecule has 0 N–H and O–H groups in total. The average Bonchev–Trinajstić information content (AvgIpc) is 2.55. The van der Waals surface area contributed by atoms with Gasteiger partial charge in [0.1, 0.15) is 0 Å². The molecule has 0 saturated carbocycles. The van der Waals surface area contributed by atoms with Crippen molar-refractivity contribution in [1.29, 1.82) is 0 Å². The van der Waals surface area contributed by atoms with Crippen LogP contribution in [-0.4, -0.2) is 25.2 Å². The van der Waals surface area contributed by atoms with Crippen LogP contribution < -0.4 is 0 Å². The summed E-state index contributed by atoms with van der Waals surface area (Å²) in [6, 6.07) is 0. The second kappa shape index (κ2) is 9.65. The largest absolute Gasteiger partial charge is 0.465 e. The zero-order valence-electron chi connectivity index (χ0n) is 15.8. The maximum absolute atomic E-state index is 12.9. The Morgan fingerprint density at radius 2 is 1.71 bits per heavy atom. The Labute approximate surface area is 146 Å². The van der Waals surface area contributed by atoms with E-state index in [9.17, 15) is 9.59 Å². The lowest BCUT2D eigenvalue weighted by atomic mass is 9.62. The summed E-state index contributed by atoms with van der Waals surface area (Å²) in [5, 5.41) is 0. The van der Waals surface area contributed by atoms with Crippen molar-refractivity contribution in [2.75, 3.05) is 13.2 Å². The minimum Gasteiger partial charge on any atom is -0.465 e. The predicted octanol–water partition coefficient (Wildman–Crippen LogP) is 4.59. The molecule has 1 unspecified atom stereocenters. The van der Waals surface area contributed by atoms with Gasteiger partial charge in [0.2, 0.25) is 0 Å². The lowest BCUT2D eigenvalue weighted by Gasteiger charge is -2.40. The molecule has 0 spiro atoms. The number of esters is 2. The molecule has 4 heteroatoms. The van der Waals surface area contributed by atoms with Crippen molar-refractivity contribution in [2.45, 2.75) is 66.7 Å². The first-order chi connectivity index (χ1) is 11.5. The molecular formula is C20H32O4. The summed E-state index contributed by atoms with van der Waals surface area (Å²) in [5.41, 5.74) is 0.842. The summed E-state index contributed by atoms with van der Waals surface area (Å²) in [4.78, 5) is 25.8. The monoisotopic (exact) mass is 336 g/mol. The Bertz CT molecular complexity index is 484. The van der Waals surface area contributed by atoms with Crippen LogP contribution in [0.3, 0.4) is 0 Å². The van der Waals surface area contributed by atoms with Crippen molar-refractivity contribution in [1.82, 2.24) is 0 Å². The van der Waals surface area contributed by atoms with E-state index in [1.54, 1.807) is 13.8 Å². The molecule has 1 rings (SSSR count). The van der Waals surface area contributed by atoms with Crippen LogP contribution in [0.1, 0.15) is 66.7 Å². The highest BCUT2D eigenvalue weighted by molar-refractivity contribution is 6.01. The molecular weight excluding hydrogens is 304 g/mol. The minimum atomic E-state index is -1.25. The number of carbonyl (C=O) groups is 2. The number of allylic oxidation sites excluding steroid dienone is 4. The summed E-state index contributed by atoms with van der Waals surface area (Å²) in [5.74, 6) is -1.08. The molecule has 0 fully saturated rings. The van der Waals surface area contributed by atoms with Gasteiger partial charge in [0.05, 0.1) is 13.2 Å². The SMILES string of the molecule is CCC/C=C1\C=C(C)CC(C(=O)OCC)(C(=O)OCC)C1CCC. The molecule has 0 aromatic carbocycles. The first-order valence-corrected chi connectivity index (χ1v) is 9.19. The van der Waals surface area contributed by atoms with Crippen LogP contribution in [0.15, 0.2) is 23.3 Å². The Balaban J connectivity index is 3.47. The number of carbonyl (C=O) groups excluding carboxylic acids is 2. The number of rotatable bonds is 8. The van der Waals surface area contributed by atoms with E-state index >= 15 is 0 Å². The highest BCUT2D eigenvalue weighted by Crippen LogP contribution is 2.48. The number of ether oxygens (including phenoxy) is 2. The van der Waals surface area contributed by atoms with Gasteiger partial charge in [-0.3, -0.25) is 9.59 Å². The third-order valence-corrected chi connectivity index (χ3v) is 4.49. The molecule has 0 bridgehead atoms. The number of hydrogen-bond acceptors (Lipinski definition) is 4. The number of hydrogen-bond donors (Lipinski definition) is 0. The molecule has 0 aromatic heterocycles. The summed E-state index contributed by atoms with van der Waals surface area (Å²) in [7, 11) is 0. The van der Waals surface area contributed by atoms with Gasteiger partial charge in [-0.05, 0) is 45.6 Å². The average molecular weight is 336 g/mol. The molecule has 24 heavy (non-hydrogen) atoms. The van der Waals surface area contributed by atoms with Crippen molar-refractivity contribution in [2.24, 2.45) is 11.3 Å². The van der Waals surface area contributed by atoms with Crippen molar-refractivity contribution >= 4 is 11.9 Å². The van der Waals surface area contributed by atoms with E-state index < -0.39 is 17.4 Å². The van der Waals surface area contributed by atoms with E-state index in [1.807, 2.05) is 6.92 Å². The normalized spacial score (nSPS) is 21.3. The van der Waals surface area contributed by atoms with Crippen molar-refractivity contribution < 1.29 is 19.1 Å². The van der Waals surface area contributed by atoms with Crippen LogP contribution in [-0.2, 0) is 19.1 Å². The zero-order valence-corrected chi connectivity index (χ0v) is 15.8. The van der Waals surface area contributed by atoms with E-state index in [2.05, 4.69) is 26.0 Å². The second-order valence-corrected chi connectivity index (χ2v) is 6.41. The standard InChI is InChI=1S/C20H32O4/c1-6-10-12-16-13-15(5)14-20(17(16)11-7-2,18(21)23-8-3)19(22)24-9-4/h12-13,17H,6-11,14H2,1-5H3/b16-12+. The van der Waals surface area contributed by atoms with Crippen molar-refractivity contribution in [3.63, 3.8) is 0 Å². The lowest BCUT2D eigenvalue weighted by molar-refractivity contribution is -0.176. The van der Waals surface area contributed by atoms with Crippen LogP contribution in [0.25, 0.3) is 0 Å². The minimum absolute atomic E-state index is 0.184. The Hall–Kier alpha value is -1.58. The van der Waals surface area contributed by atoms with Gasteiger partial charge in [0, 0.05) is 5.92 Å². The fourth-order valence-electron chi connectivity index (χ4n) is 3.53. The van der Waals surface area contributed by atoms with Gasteiger partial charge in [0.15, 0.2) is 5.41 Å². The quantitative estimate of drug-likeness (QED) is 0.480.